The molecule has 0 spiro atoms. The summed E-state index contributed by atoms with van der Waals surface area (Å²) < 4.78 is 0. The van der Waals surface area contributed by atoms with E-state index >= 15 is 0 Å². The van der Waals surface area contributed by atoms with Gasteiger partial charge in [-0.25, -0.2) is 0 Å². The monoisotopic (exact) mass is 346 g/mol. The Balaban J connectivity index is 3.29. The summed E-state index contributed by atoms with van der Waals surface area (Å²) in [6.07, 6.45) is -1.87. The molecular weight excluding hydrogens is 332 g/mol. The molecular formula is C12H14N2O10. The number of hydrogen-bond acceptors (Lipinski definition) is 6. The fourth-order valence-electron chi connectivity index (χ4n) is 2.35. The average molecular weight is 346 g/mol. The van der Waals surface area contributed by atoms with Gasteiger partial charge in [0.15, 0.2) is 0 Å². The van der Waals surface area contributed by atoms with Gasteiger partial charge in [0.1, 0.15) is 25.2 Å². The number of carbonyl (C=O) groups is 6. The molecule has 1 fully saturated rings. The van der Waals surface area contributed by atoms with Gasteiger partial charge in [-0.15, -0.1) is 0 Å². The van der Waals surface area contributed by atoms with Gasteiger partial charge in [0.25, 0.3) is 0 Å². The summed E-state index contributed by atoms with van der Waals surface area (Å²) in [7, 11) is 0. The van der Waals surface area contributed by atoms with Crippen molar-refractivity contribution in [2.45, 2.75) is 24.9 Å². The third-order valence-corrected chi connectivity index (χ3v) is 3.24. The van der Waals surface area contributed by atoms with Crippen molar-refractivity contribution in [3.63, 3.8) is 0 Å². The highest BCUT2D eigenvalue weighted by Gasteiger charge is 2.48. The van der Waals surface area contributed by atoms with Gasteiger partial charge in [-0.2, -0.15) is 0 Å². The molecule has 12 heteroatoms. The van der Waals surface area contributed by atoms with E-state index in [0.29, 0.717) is 9.80 Å². The molecule has 0 aromatic heterocycles. The van der Waals surface area contributed by atoms with Gasteiger partial charge in [-0.05, 0) is 0 Å². The van der Waals surface area contributed by atoms with Crippen LogP contribution >= 0.6 is 0 Å². The number of amides is 2. The number of carbonyl (C=O) groups excluding carboxylic acids is 2. The smallest absolute Gasteiger partial charge is 0.323 e. The highest BCUT2D eigenvalue weighted by Crippen LogP contribution is 2.22. The maximum absolute atomic E-state index is 12.3. The first kappa shape index (κ1) is 18.9. The van der Waals surface area contributed by atoms with E-state index in [1.807, 2.05) is 0 Å². The molecule has 1 aliphatic heterocycles. The normalized spacial score (nSPS) is 20.8. The lowest BCUT2D eigenvalue weighted by Gasteiger charge is -2.43. The van der Waals surface area contributed by atoms with Crippen molar-refractivity contribution in [3.8, 4) is 0 Å². The Kier molecular flexibility index (Phi) is 5.81. The largest absolute Gasteiger partial charge is 0.481 e. The van der Waals surface area contributed by atoms with E-state index < -0.39 is 73.7 Å². The van der Waals surface area contributed by atoms with Gasteiger partial charge in [0, 0.05) is 0 Å². The van der Waals surface area contributed by atoms with E-state index in [2.05, 4.69) is 0 Å². The van der Waals surface area contributed by atoms with Crippen molar-refractivity contribution in [1.82, 2.24) is 9.80 Å². The van der Waals surface area contributed by atoms with E-state index in [0.717, 1.165) is 0 Å². The van der Waals surface area contributed by atoms with Crippen LogP contribution in [0.3, 0.4) is 0 Å². The van der Waals surface area contributed by atoms with Gasteiger partial charge in [-0.1, -0.05) is 0 Å². The van der Waals surface area contributed by atoms with Gasteiger partial charge in [-0.3, -0.25) is 28.8 Å². The maximum atomic E-state index is 12.3. The predicted molar refractivity (Wildman–Crippen MR) is 70.8 cm³/mol. The Morgan fingerprint density at radius 2 is 0.958 bits per heavy atom. The van der Waals surface area contributed by atoms with E-state index in [1.165, 1.54) is 0 Å². The van der Waals surface area contributed by atoms with Crippen molar-refractivity contribution in [2.75, 3.05) is 13.1 Å². The minimum Gasteiger partial charge on any atom is -0.481 e. The molecule has 0 bridgehead atoms. The lowest BCUT2D eigenvalue weighted by atomic mass is 9.99. The Hall–Kier alpha value is -3.18. The second-order valence-electron chi connectivity index (χ2n) is 4.95. The Labute approximate surface area is 133 Å². The zero-order chi connectivity index (χ0) is 18.6. The van der Waals surface area contributed by atoms with Gasteiger partial charge < -0.3 is 30.2 Å². The first-order valence-corrected chi connectivity index (χ1v) is 6.52. The lowest BCUT2D eigenvalue weighted by Crippen LogP contribution is -2.66. The second kappa shape index (κ2) is 7.39. The van der Waals surface area contributed by atoms with Crippen molar-refractivity contribution in [2.24, 2.45) is 0 Å². The van der Waals surface area contributed by atoms with Crippen LogP contribution in [0.1, 0.15) is 12.8 Å². The molecule has 132 valence electrons. The molecule has 0 aliphatic carbocycles. The molecule has 1 saturated heterocycles. The van der Waals surface area contributed by atoms with Crippen LogP contribution in [0.4, 0.5) is 0 Å². The van der Waals surface area contributed by atoms with Crippen LogP contribution in [-0.2, 0) is 28.8 Å². The van der Waals surface area contributed by atoms with E-state index in [4.69, 9.17) is 20.4 Å². The van der Waals surface area contributed by atoms with Crippen LogP contribution < -0.4 is 0 Å². The zero-order valence-electron chi connectivity index (χ0n) is 12.1. The first-order valence-electron chi connectivity index (χ1n) is 6.52. The van der Waals surface area contributed by atoms with Crippen LogP contribution in [0.25, 0.3) is 0 Å². The Bertz CT molecular complexity index is 501. The topological polar surface area (TPSA) is 190 Å². The molecule has 4 N–H and O–H groups in total. The third kappa shape index (κ3) is 4.41. The first-order chi connectivity index (χ1) is 11.0. The number of carboxylic acid groups (broad SMARTS) is 4. The summed E-state index contributed by atoms with van der Waals surface area (Å²) in [5, 5.41) is 35.3. The predicted octanol–water partition coefficient (Wildman–Crippen LogP) is -2.49. The van der Waals surface area contributed by atoms with Crippen LogP contribution in [-0.4, -0.2) is 91.1 Å². The minimum absolute atomic E-state index is 0.449. The number of hydrogen-bond donors (Lipinski definition) is 4. The fourth-order valence-corrected chi connectivity index (χ4v) is 2.35. The third-order valence-electron chi connectivity index (χ3n) is 3.24. The summed E-state index contributed by atoms with van der Waals surface area (Å²) >= 11 is 0. The van der Waals surface area contributed by atoms with Crippen LogP contribution in [0, 0.1) is 0 Å². The molecule has 0 aromatic rings. The molecule has 1 rings (SSSR count). The zero-order valence-corrected chi connectivity index (χ0v) is 12.1. The van der Waals surface area contributed by atoms with Crippen molar-refractivity contribution in [3.05, 3.63) is 0 Å². The van der Waals surface area contributed by atoms with Crippen molar-refractivity contribution >= 4 is 35.7 Å². The lowest BCUT2D eigenvalue weighted by molar-refractivity contribution is -0.171. The SMILES string of the molecule is O=C(O)C[C@H]1C(=O)N(CC(=O)O)[C@@H](CC(=O)O)C(=O)N1CC(=O)O. The molecule has 0 radical (unpaired) electrons. The number of aliphatic carboxylic acids is 4. The van der Waals surface area contributed by atoms with E-state index in [9.17, 15) is 28.8 Å². The fraction of sp³-hybridized carbons (Fsp3) is 0.500. The van der Waals surface area contributed by atoms with Crippen molar-refractivity contribution < 1.29 is 49.2 Å². The van der Waals surface area contributed by atoms with E-state index in [1.54, 1.807) is 0 Å². The number of nitrogens with zero attached hydrogens (tertiary/aromatic N) is 2. The summed E-state index contributed by atoms with van der Waals surface area (Å²) in [4.78, 5) is 69.1. The molecule has 0 saturated carbocycles. The number of carboxylic acids is 4. The number of piperazine rings is 1. The molecule has 2 amide bonds. The van der Waals surface area contributed by atoms with Gasteiger partial charge in [0.05, 0.1) is 12.8 Å². The highest BCUT2D eigenvalue weighted by atomic mass is 16.4. The Morgan fingerprint density at radius 1 is 0.667 bits per heavy atom. The van der Waals surface area contributed by atoms with Gasteiger partial charge in [0.2, 0.25) is 11.8 Å². The molecule has 0 unspecified atom stereocenters. The standard InChI is InChI=1S/C12H14N2O10/c15-7(16)1-5-11(23)14(4-10(21)22)6(2-8(17)18)12(24)13(5)3-9(19)20/h5-6H,1-4H2,(H,15,16)(H,17,18)(H,19,20)(H,21,22)/t5-,6-/m0/s1. The molecule has 0 aromatic carbocycles. The molecule has 24 heavy (non-hydrogen) atoms. The van der Waals surface area contributed by atoms with Crippen molar-refractivity contribution in [1.29, 1.82) is 0 Å². The highest BCUT2D eigenvalue weighted by molar-refractivity contribution is 6.02. The average Bonchev–Trinajstić information content (AvgIpc) is 2.42. The van der Waals surface area contributed by atoms with Crippen LogP contribution in [0.2, 0.25) is 0 Å². The second-order valence-corrected chi connectivity index (χ2v) is 4.95. The minimum atomic E-state index is -1.73. The quantitative estimate of drug-likeness (QED) is 0.366. The number of rotatable bonds is 8. The molecule has 2 atom stereocenters. The summed E-state index contributed by atoms with van der Waals surface area (Å²) in [5.74, 6) is -8.36. The van der Waals surface area contributed by atoms with E-state index in [-0.39, 0.29) is 0 Å². The molecule has 1 aliphatic rings. The van der Waals surface area contributed by atoms with Crippen LogP contribution in [0.15, 0.2) is 0 Å². The summed E-state index contributed by atoms with van der Waals surface area (Å²) in [6.45, 7) is -2.03. The van der Waals surface area contributed by atoms with Crippen LogP contribution in [0.5, 0.6) is 0 Å². The molecule has 1 heterocycles. The summed E-state index contributed by atoms with van der Waals surface area (Å²) in [6, 6.07) is -3.45. The maximum Gasteiger partial charge on any atom is 0.323 e. The summed E-state index contributed by atoms with van der Waals surface area (Å²) in [5.41, 5.74) is 0. The van der Waals surface area contributed by atoms with Gasteiger partial charge >= 0.3 is 23.9 Å². The Morgan fingerprint density at radius 3 is 1.17 bits per heavy atom. The molecule has 12 nitrogen and oxygen atoms in total.